The highest BCUT2D eigenvalue weighted by atomic mass is 14.9. The van der Waals surface area contributed by atoms with E-state index in [0.29, 0.717) is 5.41 Å². The van der Waals surface area contributed by atoms with Crippen molar-refractivity contribution >= 4 is 0 Å². The van der Waals surface area contributed by atoms with E-state index in [1.165, 1.54) is 58.0 Å². The van der Waals surface area contributed by atoms with Crippen molar-refractivity contribution in [3.63, 3.8) is 0 Å². The molecule has 96 valence electrons. The summed E-state index contributed by atoms with van der Waals surface area (Å²) in [4.78, 5) is 0. The van der Waals surface area contributed by atoms with Crippen LogP contribution in [-0.2, 0) is 0 Å². The van der Waals surface area contributed by atoms with Crippen molar-refractivity contribution in [3.8, 4) is 0 Å². The highest BCUT2D eigenvalue weighted by Crippen LogP contribution is 2.40. The molecule has 0 aromatic rings. The minimum Gasteiger partial charge on any atom is -0.330 e. The zero-order valence-corrected chi connectivity index (χ0v) is 11.2. The minimum atomic E-state index is 0.633. The van der Waals surface area contributed by atoms with E-state index in [-0.39, 0.29) is 0 Å². The first-order valence-corrected chi connectivity index (χ1v) is 7.13. The molecule has 0 saturated heterocycles. The van der Waals surface area contributed by atoms with E-state index < -0.39 is 0 Å². The molecule has 0 heterocycles. The molecule has 0 spiro atoms. The van der Waals surface area contributed by atoms with E-state index in [0.717, 1.165) is 12.5 Å². The first-order valence-electron chi connectivity index (χ1n) is 7.13. The summed E-state index contributed by atoms with van der Waals surface area (Å²) < 4.78 is 0. The van der Waals surface area contributed by atoms with E-state index in [4.69, 9.17) is 5.73 Å². The van der Waals surface area contributed by atoms with Crippen molar-refractivity contribution in [2.75, 3.05) is 19.6 Å². The van der Waals surface area contributed by atoms with E-state index in [1.54, 1.807) is 0 Å². The van der Waals surface area contributed by atoms with Crippen LogP contribution in [0.1, 0.15) is 58.8 Å². The molecule has 1 aliphatic rings. The van der Waals surface area contributed by atoms with Crippen LogP contribution in [0.4, 0.5) is 0 Å². The minimum absolute atomic E-state index is 0.633. The van der Waals surface area contributed by atoms with Gasteiger partial charge in [0.15, 0.2) is 0 Å². The average Bonchev–Trinajstić information content (AvgIpc) is 2.76. The molecule has 0 aromatic heterocycles. The average molecular weight is 226 g/mol. The lowest BCUT2D eigenvalue weighted by Crippen LogP contribution is -2.34. The quantitative estimate of drug-likeness (QED) is 0.668. The zero-order chi connectivity index (χ0) is 11.9. The van der Waals surface area contributed by atoms with Gasteiger partial charge in [0.1, 0.15) is 0 Å². The summed E-state index contributed by atoms with van der Waals surface area (Å²) in [6.07, 6.45) is 9.54. The third-order valence-electron chi connectivity index (χ3n) is 4.31. The Morgan fingerprint density at radius 1 is 1.31 bits per heavy atom. The van der Waals surface area contributed by atoms with Crippen LogP contribution < -0.4 is 11.1 Å². The Morgan fingerprint density at radius 3 is 2.56 bits per heavy atom. The first kappa shape index (κ1) is 14.0. The molecule has 3 N–H and O–H groups in total. The second kappa shape index (κ2) is 7.29. The molecule has 0 aliphatic heterocycles. The topological polar surface area (TPSA) is 38.0 Å². The van der Waals surface area contributed by atoms with Crippen LogP contribution in [0.3, 0.4) is 0 Å². The lowest BCUT2D eigenvalue weighted by atomic mass is 9.83. The van der Waals surface area contributed by atoms with Crippen LogP contribution in [0, 0.1) is 11.3 Å². The summed E-state index contributed by atoms with van der Waals surface area (Å²) in [7, 11) is 0. The highest BCUT2D eigenvalue weighted by molar-refractivity contribution is 4.85. The number of nitrogens with two attached hydrogens (primary N) is 1. The van der Waals surface area contributed by atoms with Gasteiger partial charge < -0.3 is 11.1 Å². The highest BCUT2D eigenvalue weighted by Gasteiger charge is 2.31. The summed E-state index contributed by atoms with van der Waals surface area (Å²) in [6.45, 7) is 7.92. The second-order valence-electron chi connectivity index (χ2n) is 5.73. The molecule has 0 amide bonds. The van der Waals surface area contributed by atoms with Gasteiger partial charge in [-0.1, -0.05) is 26.7 Å². The monoisotopic (exact) mass is 226 g/mol. The van der Waals surface area contributed by atoms with Crippen molar-refractivity contribution in [3.05, 3.63) is 0 Å². The van der Waals surface area contributed by atoms with E-state index >= 15 is 0 Å². The fourth-order valence-corrected chi connectivity index (χ4v) is 2.93. The van der Waals surface area contributed by atoms with Gasteiger partial charge in [0.2, 0.25) is 0 Å². The van der Waals surface area contributed by atoms with Crippen molar-refractivity contribution in [2.45, 2.75) is 58.8 Å². The zero-order valence-electron chi connectivity index (χ0n) is 11.2. The number of nitrogens with one attached hydrogen (secondary N) is 1. The van der Waals surface area contributed by atoms with Crippen LogP contribution in [-0.4, -0.2) is 19.6 Å². The molecule has 2 heteroatoms. The fourth-order valence-electron chi connectivity index (χ4n) is 2.93. The molecular formula is C14H30N2. The molecule has 1 saturated carbocycles. The van der Waals surface area contributed by atoms with Crippen LogP contribution in [0.15, 0.2) is 0 Å². The summed E-state index contributed by atoms with van der Waals surface area (Å²) in [5.74, 6) is 0.777. The van der Waals surface area contributed by atoms with Gasteiger partial charge in [-0.05, 0) is 56.5 Å². The molecule has 1 atom stereocenters. The van der Waals surface area contributed by atoms with Gasteiger partial charge in [-0.2, -0.15) is 0 Å². The fraction of sp³-hybridized carbons (Fsp3) is 1.00. The van der Waals surface area contributed by atoms with E-state index in [1.807, 2.05) is 0 Å². The largest absolute Gasteiger partial charge is 0.330 e. The Kier molecular flexibility index (Phi) is 6.37. The smallest absolute Gasteiger partial charge is 0.000782 e. The van der Waals surface area contributed by atoms with Gasteiger partial charge in [-0.3, -0.25) is 0 Å². The number of hydrogen-bond donors (Lipinski definition) is 2. The lowest BCUT2D eigenvalue weighted by Gasteiger charge is -2.28. The van der Waals surface area contributed by atoms with Crippen molar-refractivity contribution < 1.29 is 0 Å². The Hall–Kier alpha value is -0.0800. The predicted molar refractivity (Wildman–Crippen MR) is 71.5 cm³/mol. The molecule has 16 heavy (non-hydrogen) atoms. The van der Waals surface area contributed by atoms with Crippen LogP contribution in [0.25, 0.3) is 0 Å². The molecule has 0 aromatic carbocycles. The maximum absolute atomic E-state index is 5.53. The lowest BCUT2D eigenvalue weighted by molar-refractivity contribution is 0.262. The van der Waals surface area contributed by atoms with Gasteiger partial charge in [-0.25, -0.2) is 0 Å². The van der Waals surface area contributed by atoms with Crippen molar-refractivity contribution in [1.82, 2.24) is 5.32 Å². The van der Waals surface area contributed by atoms with E-state index in [2.05, 4.69) is 19.2 Å². The van der Waals surface area contributed by atoms with Gasteiger partial charge >= 0.3 is 0 Å². The predicted octanol–water partition coefficient (Wildman–Crippen LogP) is 2.92. The standard InChI is InChI=1S/C14H30N2/c1-3-14(8-4-5-9-14)12-16-11-13(2)7-6-10-15/h13,16H,3-12,15H2,1-2H3. The molecule has 1 aliphatic carbocycles. The number of rotatable bonds is 8. The van der Waals surface area contributed by atoms with Crippen molar-refractivity contribution in [2.24, 2.45) is 17.1 Å². The van der Waals surface area contributed by atoms with Gasteiger partial charge in [0.25, 0.3) is 0 Å². The van der Waals surface area contributed by atoms with Gasteiger partial charge in [0, 0.05) is 6.54 Å². The first-order chi connectivity index (χ1) is 7.72. The third kappa shape index (κ3) is 4.42. The van der Waals surface area contributed by atoms with Gasteiger partial charge in [-0.15, -0.1) is 0 Å². The molecular weight excluding hydrogens is 196 g/mol. The van der Waals surface area contributed by atoms with E-state index in [9.17, 15) is 0 Å². The Balaban J connectivity index is 2.13. The third-order valence-corrected chi connectivity index (χ3v) is 4.31. The number of hydrogen-bond acceptors (Lipinski definition) is 2. The second-order valence-corrected chi connectivity index (χ2v) is 5.73. The molecule has 0 bridgehead atoms. The molecule has 1 rings (SSSR count). The molecule has 1 fully saturated rings. The van der Waals surface area contributed by atoms with Crippen LogP contribution in [0.5, 0.6) is 0 Å². The molecule has 1 unspecified atom stereocenters. The maximum atomic E-state index is 5.53. The molecule has 0 radical (unpaired) electrons. The summed E-state index contributed by atoms with van der Waals surface area (Å²) >= 11 is 0. The van der Waals surface area contributed by atoms with Crippen LogP contribution >= 0.6 is 0 Å². The Morgan fingerprint density at radius 2 is 2.00 bits per heavy atom. The molecule has 2 nitrogen and oxygen atoms in total. The van der Waals surface area contributed by atoms with Gasteiger partial charge in [0.05, 0.1) is 0 Å². The summed E-state index contributed by atoms with van der Waals surface area (Å²) in [6, 6.07) is 0. The summed E-state index contributed by atoms with van der Waals surface area (Å²) in [5, 5.41) is 3.69. The van der Waals surface area contributed by atoms with Crippen molar-refractivity contribution in [1.29, 1.82) is 0 Å². The normalized spacial score (nSPS) is 21.2. The Labute approximate surface area is 101 Å². The summed E-state index contributed by atoms with van der Waals surface area (Å²) in [5.41, 5.74) is 6.16. The van der Waals surface area contributed by atoms with Crippen LogP contribution in [0.2, 0.25) is 0 Å². The SMILES string of the molecule is CCC1(CNCC(C)CCCN)CCCC1. The maximum Gasteiger partial charge on any atom is 0.000782 e. The Bertz CT molecular complexity index is 174.